The Labute approximate surface area is 61.7 Å². The van der Waals surface area contributed by atoms with E-state index in [1.54, 1.807) is 0 Å². The second-order valence-corrected chi connectivity index (χ2v) is 1.06. The first-order valence-corrected chi connectivity index (χ1v) is 2.00. The summed E-state index contributed by atoms with van der Waals surface area (Å²) in [7, 11) is 0. The van der Waals surface area contributed by atoms with E-state index in [9.17, 15) is 0 Å². The number of rotatable bonds is 2. The smallest absolute Gasteiger partial charge is 0.0826 e. The van der Waals surface area contributed by atoms with E-state index in [0.717, 1.165) is 12.8 Å². The van der Waals surface area contributed by atoms with Gasteiger partial charge in [0.05, 0.1) is 13.3 Å². The molecule has 4 radical (unpaired) electrons. The third-order valence-electron chi connectivity index (χ3n) is 0.500. The van der Waals surface area contributed by atoms with E-state index in [0.29, 0.717) is 0 Å². The topological polar surface area (TPSA) is 0 Å². The Kier molecular flexibility index (Phi) is 15.0. The molecule has 0 bridgehead atoms. The first-order chi connectivity index (χ1) is 2.41. The van der Waals surface area contributed by atoms with Crippen LogP contribution in [0.2, 0.25) is 0 Å². The summed E-state index contributed by atoms with van der Waals surface area (Å²) in [6.45, 7) is 7.27. The molecule has 0 atom stereocenters. The van der Waals surface area contributed by atoms with Gasteiger partial charge in [-0.15, -0.1) is 0 Å². The van der Waals surface area contributed by atoms with Crippen molar-refractivity contribution in [1.82, 2.24) is 0 Å². The van der Waals surface area contributed by atoms with Gasteiger partial charge in [-0.05, 0) is 6.42 Å². The number of unbranched alkanes of at least 4 members (excludes halogenated alkanes) is 2. The summed E-state index contributed by atoms with van der Waals surface area (Å²) in [5.41, 5.74) is 0. The van der Waals surface area contributed by atoms with Gasteiger partial charge in [0, 0.05) is 28.2 Å². The normalized spacial score (nSPS) is 6.83. The Balaban J connectivity index is -0.0000000133. The van der Waals surface area contributed by atoms with Crippen LogP contribution in [0.5, 0.6) is 0 Å². The number of hydrogen-bond donors (Lipinski definition) is 0. The Bertz CT molecular complexity index is 19.7. The molecule has 0 rings (SSSR count). The van der Waals surface area contributed by atoms with Crippen LogP contribution in [0, 0.1) is 13.8 Å². The second-order valence-electron chi connectivity index (χ2n) is 1.06. The van der Waals surface area contributed by atoms with Gasteiger partial charge in [0.25, 0.3) is 0 Å². The standard InChI is InChI=1S/C5H10.Sn.3H2/c1-3-5-4-2;;;;/h1-5H2;;3*1H. The van der Waals surface area contributed by atoms with Crippen LogP contribution in [0.1, 0.15) is 23.5 Å². The Hall–Kier alpha value is 0.669. The van der Waals surface area contributed by atoms with Gasteiger partial charge >= 0.3 is 0 Å². The predicted molar refractivity (Wildman–Crippen MR) is 36.7 cm³/mol. The largest absolute Gasteiger partial charge is 0.343 e. The van der Waals surface area contributed by atoms with E-state index < -0.39 is 0 Å². The van der Waals surface area contributed by atoms with Crippen molar-refractivity contribution >= 4 is 23.9 Å². The van der Waals surface area contributed by atoms with Crippen molar-refractivity contribution in [3.8, 4) is 0 Å². The fraction of sp³-hybridized carbons (Fsp3) is 0.600. The molecule has 0 saturated heterocycles. The molecule has 0 nitrogen and oxygen atoms in total. The van der Waals surface area contributed by atoms with Gasteiger partial charge < -0.3 is 6.92 Å². The molecule has 6 heavy (non-hydrogen) atoms. The van der Waals surface area contributed by atoms with Crippen molar-refractivity contribution in [3.63, 3.8) is 0 Å². The molecule has 0 N–H and O–H groups in total. The first kappa shape index (κ1) is 9.83. The zero-order valence-electron chi connectivity index (χ0n) is 4.04. The molecular weight excluding hydrogens is 179 g/mol. The summed E-state index contributed by atoms with van der Waals surface area (Å²) in [5, 5.41) is 0. The van der Waals surface area contributed by atoms with Crippen LogP contribution in [0.25, 0.3) is 0 Å². The van der Waals surface area contributed by atoms with Crippen LogP contribution in [-0.4, -0.2) is 23.9 Å². The maximum atomic E-state index is 3.64. The molecule has 0 unspecified atom stereocenters. The van der Waals surface area contributed by atoms with Crippen molar-refractivity contribution in [3.05, 3.63) is 13.8 Å². The van der Waals surface area contributed by atoms with E-state index in [1.165, 1.54) is 6.42 Å². The van der Waals surface area contributed by atoms with E-state index >= 15 is 0 Å². The third kappa shape index (κ3) is 8.82. The molecule has 40 valence electrons. The average molecular weight is 195 g/mol. The first-order valence-electron chi connectivity index (χ1n) is 2.00. The van der Waals surface area contributed by atoms with Gasteiger partial charge in [-0.2, -0.15) is 6.42 Å². The van der Waals surface area contributed by atoms with Crippen LogP contribution >= 0.6 is 0 Å². The number of hydrogen-bond acceptors (Lipinski definition) is 0. The van der Waals surface area contributed by atoms with Crippen LogP contribution in [0.3, 0.4) is 0 Å². The minimum absolute atomic E-state index is 0. The minimum atomic E-state index is 0. The van der Waals surface area contributed by atoms with Crippen molar-refractivity contribution in [2.75, 3.05) is 0 Å². The Morgan fingerprint density at radius 2 is 2.17 bits per heavy atom. The van der Waals surface area contributed by atoms with Crippen molar-refractivity contribution in [1.29, 1.82) is 0 Å². The predicted octanol–water partition coefficient (Wildman–Crippen LogP) is 2.18. The molecule has 0 fully saturated rings. The zero-order chi connectivity index (χ0) is 4.12. The summed E-state index contributed by atoms with van der Waals surface area (Å²) in [6, 6.07) is 0. The van der Waals surface area contributed by atoms with Crippen molar-refractivity contribution in [2.45, 2.75) is 19.3 Å². The van der Waals surface area contributed by atoms with Crippen LogP contribution in [0.4, 0.5) is 0 Å². The maximum Gasteiger partial charge on any atom is 0.0826 e. The van der Waals surface area contributed by atoms with Gasteiger partial charge in [-0.3, -0.25) is 0 Å². The quantitative estimate of drug-likeness (QED) is 0.467. The fourth-order valence-electron chi connectivity index (χ4n) is 0.177. The molecular formula is C5H16Sn. The zero-order valence-corrected chi connectivity index (χ0v) is 6.89. The molecule has 0 aliphatic heterocycles. The van der Waals surface area contributed by atoms with E-state index in [1.807, 2.05) is 0 Å². The third-order valence-corrected chi connectivity index (χ3v) is 0.500. The van der Waals surface area contributed by atoms with Crippen molar-refractivity contribution < 1.29 is 4.28 Å². The molecule has 0 heterocycles. The summed E-state index contributed by atoms with van der Waals surface area (Å²) in [6.07, 6.45) is 3.23. The maximum absolute atomic E-state index is 3.64. The molecule has 0 aliphatic rings. The molecule has 0 saturated carbocycles. The van der Waals surface area contributed by atoms with Crippen molar-refractivity contribution in [2.24, 2.45) is 0 Å². The average Bonchev–Trinajstić information content (AvgIpc) is 1.41. The van der Waals surface area contributed by atoms with Gasteiger partial charge in [0.15, 0.2) is 0 Å². The van der Waals surface area contributed by atoms with Crippen LogP contribution in [-0.2, 0) is 0 Å². The SMILES string of the molecule is [CH2+]CCC[CH2-].[HH].[HH].[HH].[Sn]. The van der Waals surface area contributed by atoms with Gasteiger partial charge in [-0.1, -0.05) is 0 Å². The van der Waals surface area contributed by atoms with Gasteiger partial charge in [-0.25, -0.2) is 0 Å². The van der Waals surface area contributed by atoms with E-state index in [2.05, 4.69) is 13.8 Å². The summed E-state index contributed by atoms with van der Waals surface area (Å²) in [4.78, 5) is 0. The van der Waals surface area contributed by atoms with Gasteiger partial charge in [0.1, 0.15) is 0 Å². The second kappa shape index (κ2) is 9.18. The van der Waals surface area contributed by atoms with Gasteiger partial charge in [0.2, 0.25) is 0 Å². The molecule has 0 amide bonds. The molecule has 0 aromatic rings. The fourth-order valence-corrected chi connectivity index (χ4v) is 0.177. The Morgan fingerprint density at radius 3 is 2.17 bits per heavy atom. The summed E-state index contributed by atoms with van der Waals surface area (Å²) < 4.78 is 0. The van der Waals surface area contributed by atoms with E-state index in [4.69, 9.17) is 0 Å². The van der Waals surface area contributed by atoms with E-state index in [-0.39, 0.29) is 28.2 Å². The molecule has 0 aliphatic carbocycles. The summed E-state index contributed by atoms with van der Waals surface area (Å²) >= 11 is 0. The molecule has 0 aromatic heterocycles. The monoisotopic (exact) mass is 196 g/mol. The Morgan fingerprint density at radius 1 is 1.67 bits per heavy atom. The van der Waals surface area contributed by atoms with Crippen LogP contribution in [0.15, 0.2) is 0 Å². The van der Waals surface area contributed by atoms with Crippen LogP contribution < -0.4 is 0 Å². The molecule has 0 spiro atoms. The molecule has 1 heteroatoms. The minimum Gasteiger partial charge on any atom is -0.343 e. The summed E-state index contributed by atoms with van der Waals surface area (Å²) in [5.74, 6) is 0. The molecule has 0 aromatic carbocycles.